The largest absolute Gasteiger partial charge is 0.420 e. The van der Waals surface area contributed by atoms with Gasteiger partial charge in [-0.1, -0.05) is 0 Å². The molecule has 3 aromatic rings. The van der Waals surface area contributed by atoms with Crippen molar-refractivity contribution in [1.82, 2.24) is 34.7 Å². The van der Waals surface area contributed by atoms with Crippen molar-refractivity contribution in [3.05, 3.63) is 29.4 Å². The summed E-state index contributed by atoms with van der Waals surface area (Å²) in [5.74, 6) is 2.64. The van der Waals surface area contributed by atoms with Crippen LogP contribution in [-0.2, 0) is 18.0 Å². The molecular formula is C19H22ClN7O. The molecule has 0 radical (unpaired) electrons. The molecule has 146 valence electrons. The number of hydrogen-bond donors (Lipinski definition) is 0. The summed E-state index contributed by atoms with van der Waals surface area (Å²) >= 11 is 6.05. The zero-order chi connectivity index (χ0) is 19.1. The molecule has 4 saturated carbocycles. The Morgan fingerprint density at radius 2 is 1.93 bits per heavy atom. The van der Waals surface area contributed by atoms with Gasteiger partial charge in [0.15, 0.2) is 0 Å². The highest BCUT2D eigenvalue weighted by Crippen LogP contribution is 2.64. The van der Waals surface area contributed by atoms with Gasteiger partial charge in [-0.3, -0.25) is 4.68 Å². The molecule has 4 bridgehead atoms. The minimum atomic E-state index is -0.0795. The molecule has 7 rings (SSSR count). The fraction of sp³-hybridized carbons (Fsp3) is 0.632. The average molecular weight is 400 g/mol. The molecule has 9 heteroatoms. The van der Waals surface area contributed by atoms with Crippen LogP contribution in [0.3, 0.4) is 0 Å². The molecule has 4 aliphatic rings. The van der Waals surface area contributed by atoms with Crippen LogP contribution in [-0.4, -0.2) is 34.7 Å². The Hall–Kier alpha value is -2.22. The van der Waals surface area contributed by atoms with Crippen LogP contribution in [0.15, 0.2) is 16.9 Å². The standard InChI is InChI=1S/C19H22ClN7O/c1-11-14(8-26(2)24-11)15-22-23-16(28-15)18-4-12-3-13(5-18)7-19(6-12,9-18)27-10-21-17(20)25-27/h8,10,12-13H,3-7,9H2,1-2H3. The Morgan fingerprint density at radius 3 is 2.57 bits per heavy atom. The smallest absolute Gasteiger partial charge is 0.251 e. The van der Waals surface area contributed by atoms with Crippen molar-refractivity contribution in [3.63, 3.8) is 0 Å². The van der Waals surface area contributed by atoms with Crippen LogP contribution >= 0.6 is 11.6 Å². The molecule has 3 heterocycles. The molecule has 0 N–H and O–H groups in total. The fourth-order valence-corrected chi connectivity index (χ4v) is 6.68. The summed E-state index contributed by atoms with van der Waals surface area (Å²) in [6.07, 6.45) is 10.5. The highest BCUT2D eigenvalue weighted by molar-refractivity contribution is 6.28. The summed E-state index contributed by atoms with van der Waals surface area (Å²) < 4.78 is 10.1. The monoisotopic (exact) mass is 399 g/mol. The van der Waals surface area contributed by atoms with Crippen LogP contribution in [0.4, 0.5) is 0 Å². The molecule has 28 heavy (non-hydrogen) atoms. The van der Waals surface area contributed by atoms with Gasteiger partial charge in [-0.25, -0.2) is 9.67 Å². The molecule has 4 fully saturated rings. The second kappa shape index (κ2) is 5.43. The third kappa shape index (κ3) is 2.27. The number of nitrogens with zero attached hydrogens (tertiary/aromatic N) is 7. The van der Waals surface area contributed by atoms with Gasteiger partial charge >= 0.3 is 0 Å². The molecule has 0 aromatic carbocycles. The van der Waals surface area contributed by atoms with Gasteiger partial charge in [0.2, 0.25) is 11.2 Å². The lowest BCUT2D eigenvalue weighted by molar-refractivity contribution is -0.0772. The Labute approximate surface area is 167 Å². The van der Waals surface area contributed by atoms with Gasteiger partial charge < -0.3 is 4.42 Å². The molecule has 2 unspecified atom stereocenters. The van der Waals surface area contributed by atoms with Gasteiger partial charge in [0.25, 0.3) is 5.89 Å². The van der Waals surface area contributed by atoms with Crippen LogP contribution in [0.25, 0.3) is 11.5 Å². The van der Waals surface area contributed by atoms with Crippen LogP contribution in [0.1, 0.15) is 50.1 Å². The normalized spacial score (nSPS) is 33.7. The summed E-state index contributed by atoms with van der Waals surface area (Å²) in [5.41, 5.74) is 1.69. The van der Waals surface area contributed by atoms with Crippen LogP contribution < -0.4 is 0 Å². The van der Waals surface area contributed by atoms with E-state index in [1.165, 1.54) is 6.42 Å². The molecule has 0 spiro atoms. The zero-order valence-electron chi connectivity index (χ0n) is 16.0. The van der Waals surface area contributed by atoms with Gasteiger partial charge in [-0.15, -0.1) is 15.3 Å². The highest BCUT2D eigenvalue weighted by Gasteiger charge is 2.61. The van der Waals surface area contributed by atoms with E-state index in [9.17, 15) is 0 Å². The Balaban J connectivity index is 1.41. The molecule has 8 nitrogen and oxygen atoms in total. The predicted molar refractivity (Wildman–Crippen MR) is 101 cm³/mol. The number of aromatic nitrogens is 7. The Bertz CT molecular complexity index is 1050. The first-order chi connectivity index (χ1) is 13.4. The fourth-order valence-electron chi connectivity index (χ4n) is 6.56. The summed E-state index contributed by atoms with van der Waals surface area (Å²) in [4.78, 5) is 4.18. The first-order valence-corrected chi connectivity index (χ1v) is 10.2. The van der Waals surface area contributed by atoms with E-state index in [4.69, 9.17) is 16.0 Å². The Morgan fingerprint density at radius 1 is 1.14 bits per heavy atom. The summed E-state index contributed by atoms with van der Waals surface area (Å²) in [7, 11) is 1.90. The van der Waals surface area contributed by atoms with Crippen molar-refractivity contribution in [2.24, 2.45) is 18.9 Å². The van der Waals surface area contributed by atoms with Gasteiger partial charge in [-0.2, -0.15) is 5.10 Å². The topological polar surface area (TPSA) is 87.5 Å². The minimum Gasteiger partial charge on any atom is -0.420 e. The summed E-state index contributed by atoms with van der Waals surface area (Å²) in [6, 6.07) is 0. The SMILES string of the molecule is Cc1nn(C)cc1-c1nnc(C23CC4CC(C2)CC(n2cnc(Cl)n2)(C4)C3)o1. The van der Waals surface area contributed by atoms with Crippen molar-refractivity contribution in [2.45, 2.75) is 56.4 Å². The van der Waals surface area contributed by atoms with E-state index in [0.29, 0.717) is 23.0 Å². The van der Waals surface area contributed by atoms with Crippen LogP contribution in [0.5, 0.6) is 0 Å². The zero-order valence-corrected chi connectivity index (χ0v) is 16.7. The first kappa shape index (κ1) is 16.7. The van der Waals surface area contributed by atoms with Crippen molar-refractivity contribution in [2.75, 3.05) is 0 Å². The number of aryl methyl sites for hydroxylation is 2. The van der Waals surface area contributed by atoms with Gasteiger partial charge in [-0.05, 0) is 68.9 Å². The summed E-state index contributed by atoms with van der Waals surface area (Å²) in [5, 5.41) is 18.1. The lowest BCUT2D eigenvalue weighted by Crippen LogP contribution is -2.58. The quantitative estimate of drug-likeness (QED) is 0.671. The van der Waals surface area contributed by atoms with Crippen molar-refractivity contribution in [3.8, 4) is 11.5 Å². The molecule has 0 amide bonds. The van der Waals surface area contributed by atoms with E-state index in [0.717, 1.165) is 49.3 Å². The predicted octanol–water partition coefficient (Wildman–Crippen LogP) is 3.27. The lowest BCUT2D eigenvalue weighted by atomic mass is 9.47. The molecule has 3 aromatic heterocycles. The van der Waals surface area contributed by atoms with E-state index in [2.05, 4.69) is 25.4 Å². The number of hydrogen-bond acceptors (Lipinski definition) is 6. The first-order valence-electron chi connectivity index (χ1n) is 9.87. The lowest BCUT2D eigenvalue weighted by Gasteiger charge is -2.60. The third-order valence-electron chi connectivity index (χ3n) is 7.10. The maximum Gasteiger partial charge on any atom is 0.251 e. The van der Waals surface area contributed by atoms with Gasteiger partial charge in [0, 0.05) is 13.2 Å². The van der Waals surface area contributed by atoms with Crippen molar-refractivity contribution >= 4 is 11.6 Å². The second-order valence-corrected chi connectivity index (χ2v) is 9.48. The maximum atomic E-state index is 6.29. The van der Waals surface area contributed by atoms with Crippen LogP contribution in [0, 0.1) is 18.8 Å². The third-order valence-corrected chi connectivity index (χ3v) is 7.28. The van der Waals surface area contributed by atoms with E-state index in [1.807, 2.05) is 24.9 Å². The molecule has 4 aliphatic carbocycles. The number of halogens is 1. The van der Waals surface area contributed by atoms with Crippen LogP contribution in [0.2, 0.25) is 5.28 Å². The molecule has 0 saturated heterocycles. The Kier molecular flexibility index (Phi) is 3.24. The van der Waals surface area contributed by atoms with E-state index in [1.54, 1.807) is 11.0 Å². The summed E-state index contributed by atoms with van der Waals surface area (Å²) in [6.45, 7) is 1.97. The number of rotatable bonds is 3. The second-order valence-electron chi connectivity index (χ2n) is 9.14. The molecule has 2 atom stereocenters. The molecule has 0 aliphatic heterocycles. The van der Waals surface area contributed by atoms with E-state index >= 15 is 0 Å². The molecular weight excluding hydrogens is 378 g/mol. The van der Waals surface area contributed by atoms with E-state index in [-0.39, 0.29) is 11.0 Å². The minimum absolute atomic E-state index is 0.0386. The van der Waals surface area contributed by atoms with Gasteiger partial charge in [0.05, 0.1) is 22.2 Å². The maximum absolute atomic E-state index is 6.29. The van der Waals surface area contributed by atoms with Crippen molar-refractivity contribution in [1.29, 1.82) is 0 Å². The van der Waals surface area contributed by atoms with Gasteiger partial charge in [0.1, 0.15) is 6.33 Å². The van der Waals surface area contributed by atoms with Crippen molar-refractivity contribution < 1.29 is 4.42 Å². The van der Waals surface area contributed by atoms with E-state index < -0.39 is 0 Å². The highest BCUT2D eigenvalue weighted by atomic mass is 35.5. The average Bonchev–Trinajstić information content (AvgIpc) is 3.34.